The van der Waals surface area contributed by atoms with E-state index in [2.05, 4.69) is 20.6 Å². The molecule has 6 nitrogen and oxygen atoms in total. The molecule has 0 unspecified atom stereocenters. The summed E-state index contributed by atoms with van der Waals surface area (Å²) in [6.07, 6.45) is 0.876. The third-order valence-corrected chi connectivity index (χ3v) is 2.23. The van der Waals surface area contributed by atoms with Gasteiger partial charge in [-0.15, -0.1) is 0 Å². The number of benzene rings is 1. The number of carbonyl (C=O) groups is 1. The number of hydrogen-bond acceptors (Lipinski definition) is 3. The Bertz CT molecular complexity index is 535. The first-order valence-corrected chi connectivity index (χ1v) is 5.42. The molecule has 17 heavy (non-hydrogen) atoms. The first-order chi connectivity index (χ1) is 8.19. The number of aromatic nitrogens is 2. The number of nitrogens with one attached hydrogen (secondary N) is 3. The van der Waals surface area contributed by atoms with E-state index in [-0.39, 0.29) is 11.8 Å². The van der Waals surface area contributed by atoms with Crippen molar-refractivity contribution >= 4 is 23.0 Å². The van der Waals surface area contributed by atoms with Crippen LogP contribution in [0.3, 0.4) is 0 Å². The molecule has 0 spiro atoms. The van der Waals surface area contributed by atoms with Gasteiger partial charge in [-0.1, -0.05) is 6.92 Å². The minimum atomic E-state index is -0.296. The van der Waals surface area contributed by atoms with Gasteiger partial charge in [-0.25, -0.2) is 9.78 Å². The highest BCUT2D eigenvalue weighted by Gasteiger charge is 2.06. The van der Waals surface area contributed by atoms with Crippen LogP contribution in [0, 0.1) is 0 Å². The predicted molar refractivity (Wildman–Crippen MR) is 65.1 cm³/mol. The summed E-state index contributed by atoms with van der Waals surface area (Å²) in [6.45, 7) is 2.59. The number of imidazole rings is 1. The molecule has 0 aliphatic rings. The van der Waals surface area contributed by atoms with Crippen LogP contribution in [0.25, 0.3) is 11.0 Å². The summed E-state index contributed by atoms with van der Waals surface area (Å²) in [5, 5.41) is 14.6. The summed E-state index contributed by atoms with van der Waals surface area (Å²) in [6, 6.07) is 4.48. The molecule has 2 amide bonds. The van der Waals surface area contributed by atoms with Gasteiger partial charge in [0, 0.05) is 12.6 Å². The Hall–Kier alpha value is -2.24. The number of anilines is 1. The Morgan fingerprint density at radius 3 is 3.12 bits per heavy atom. The smallest absolute Gasteiger partial charge is 0.321 e. The van der Waals surface area contributed by atoms with Gasteiger partial charge in [-0.05, 0) is 18.6 Å². The lowest BCUT2D eigenvalue weighted by molar-refractivity contribution is 0.252. The molecule has 0 bridgehead atoms. The fraction of sp³-hybridized carbons (Fsp3) is 0.273. The number of phenols is 1. The van der Waals surface area contributed by atoms with Crippen LogP contribution >= 0.6 is 0 Å². The third-order valence-electron chi connectivity index (χ3n) is 2.23. The van der Waals surface area contributed by atoms with Gasteiger partial charge in [0.05, 0.1) is 11.0 Å². The Labute approximate surface area is 98.1 Å². The zero-order valence-electron chi connectivity index (χ0n) is 9.45. The maximum Gasteiger partial charge on any atom is 0.321 e. The predicted octanol–water partition coefficient (Wildman–Crippen LogP) is 1.80. The van der Waals surface area contributed by atoms with E-state index in [0.29, 0.717) is 23.5 Å². The lowest BCUT2D eigenvalue weighted by Gasteiger charge is -2.02. The molecule has 0 aliphatic heterocycles. The number of aromatic hydroxyl groups is 1. The van der Waals surface area contributed by atoms with E-state index in [9.17, 15) is 9.90 Å². The minimum Gasteiger partial charge on any atom is -0.508 e. The normalized spacial score (nSPS) is 10.4. The summed E-state index contributed by atoms with van der Waals surface area (Å²) in [5.41, 5.74) is 1.37. The summed E-state index contributed by atoms with van der Waals surface area (Å²) >= 11 is 0. The van der Waals surface area contributed by atoms with Crippen LogP contribution in [0.1, 0.15) is 13.3 Å². The molecular formula is C11H14N4O2. The summed E-state index contributed by atoms with van der Waals surface area (Å²) in [5.74, 6) is 0.516. The number of aromatic amines is 1. The Morgan fingerprint density at radius 2 is 2.35 bits per heavy atom. The quantitative estimate of drug-likeness (QED) is 0.652. The highest BCUT2D eigenvalue weighted by molar-refractivity contribution is 5.89. The molecule has 6 heteroatoms. The maximum absolute atomic E-state index is 11.4. The first kappa shape index (κ1) is 11.3. The largest absolute Gasteiger partial charge is 0.508 e. The summed E-state index contributed by atoms with van der Waals surface area (Å²) in [7, 11) is 0. The molecule has 0 atom stereocenters. The van der Waals surface area contributed by atoms with Gasteiger partial charge in [-0.3, -0.25) is 5.32 Å². The van der Waals surface area contributed by atoms with E-state index in [1.807, 2.05) is 6.92 Å². The van der Waals surface area contributed by atoms with E-state index in [1.165, 1.54) is 0 Å². The maximum atomic E-state index is 11.4. The van der Waals surface area contributed by atoms with Crippen LogP contribution in [-0.2, 0) is 0 Å². The second-order valence-electron chi connectivity index (χ2n) is 3.67. The molecule has 0 fully saturated rings. The monoisotopic (exact) mass is 234 g/mol. The summed E-state index contributed by atoms with van der Waals surface area (Å²) < 4.78 is 0. The number of phenolic OH excluding ortho intramolecular Hbond substituents is 1. The van der Waals surface area contributed by atoms with Crippen LogP contribution in [-0.4, -0.2) is 27.7 Å². The van der Waals surface area contributed by atoms with Crippen molar-refractivity contribution in [3.63, 3.8) is 0 Å². The van der Waals surface area contributed by atoms with Gasteiger partial charge < -0.3 is 15.4 Å². The van der Waals surface area contributed by atoms with Gasteiger partial charge in [0.2, 0.25) is 5.95 Å². The van der Waals surface area contributed by atoms with Crippen LogP contribution in [0.15, 0.2) is 18.2 Å². The number of amides is 2. The van der Waals surface area contributed by atoms with Gasteiger partial charge in [-0.2, -0.15) is 0 Å². The Kier molecular flexibility index (Phi) is 3.13. The lowest BCUT2D eigenvalue weighted by Crippen LogP contribution is -2.29. The molecule has 2 aromatic rings. The highest BCUT2D eigenvalue weighted by atomic mass is 16.3. The fourth-order valence-corrected chi connectivity index (χ4v) is 1.45. The number of carbonyl (C=O) groups excluding carboxylic acids is 1. The van der Waals surface area contributed by atoms with E-state index in [0.717, 1.165) is 6.42 Å². The molecule has 0 saturated heterocycles. The lowest BCUT2D eigenvalue weighted by atomic mass is 10.3. The van der Waals surface area contributed by atoms with E-state index < -0.39 is 0 Å². The first-order valence-electron chi connectivity index (χ1n) is 5.42. The number of fused-ring (bicyclic) bond motifs is 1. The second-order valence-corrected chi connectivity index (χ2v) is 3.67. The fourth-order valence-electron chi connectivity index (χ4n) is 1.45. The van der Waals surface area contributed by atoms with Gasteiger partial charge in [0.15, 0.2) is 0 Å². The van der Waals surface area contributed by atoms with Gasteiger partial charge >= 0.3 is 6.03 Å². The Balaban J connectivity index is 2.11. The molecule has 0 aliphatic carbocycles. The molecule has 1 aromatic carbocycles. The number of rotatable bonds is 3. The molecular weight excluding hydrogens is 220 g/mol. The molecule has 2 rings (SSSR count). The van der Waals surface area contributed by atoms with Gasteiger partial charge in [0.1, 0.15) is 5.75 Å². The molecule has 90 valence electrons. The van der Waals surface area contributed by atoms with Crippen molar-refractivity contribution in [2.45, 2.75) is 13.3 Å². The van der Waals surface area contributed by atoms with Gasteiger partial charge in [0.25, 0.3) is 0 Å². The molecule has 4 N–H and O–H groups in total. The molecule has 1 heterocycles. The number of H-pyrrole nitrogens is 1. The molecule has 0 radical (unpaired) electrons. The van der Waals surface area contributed by atoms with Crippen molar-refractivity contribution in [3.8, 4) is 5.75 Å². The van der Waals surface area contributed by atoms with Crippen molar-refractivity contribution in [1.82, 2.24) is 15.3 Å². The molecule has 1 aromatic heterocycles. The zero-order chi connectivity index (χ0) is 12.3. The number of nitrogens with zero attached hydrogens (tertiary/aromatic N) is 1. The SMILES string of the molecule is CCCNC(=O)Nc1nc2ccc(O)cc2[nH]1. The topological polar surface area (TPSA) is 90.0 Å². The van der Waals surface area contributed by atoms with Crippen molar-refractivity contribution in [2.75, 3.05) is 11.9 Å². The number of urea groups is 1. The van der Waals surface area contributed by atoms with E-state index in [1.54, 1.807) is 18.2 Å². The second kappa shape index (κ2) is 4.73. The standard InChI is InChI=1S/C11H14N4O2/c1-2-5-12-11(17)15-10-13-8-4-3-7(16)6-9(8)14-10/h3-4,6,16H,2,5H2,1H3,(H3,12,13,14,15,17). The zero-order valence-corrected chi connectivity index (χ0v) is 9.45. The van der Waals surface area contributed by atoms with Crippen molar-refractivity contribution in [3.05, 3.63) is 18.2 Å². The third kappa shape index (κ3) is 2.66. The van der Waals surface area contributed by atoms with Crippen LogP contribution in [0.2, 0.25) is 0 Å². The van der Waals surface area contributed by atoms with E-state index >= 15 is 0 Å². The molecule has 0 saturated carbocycles. The van der Waals surface area contributed by atoms with Crippen LogP contribution < -0.4 is 10.6 Å². The average Bonchev–Trinajstić information content (AvgIpc) is 2.67. The highest BCUT2D eigenvalue weighted by Crippen LogP contribution is 2.19. The van der Waals surface area contributed by atoms with Crippen molar-refractivity contribution < 1.29 is 9.90 Å². The Morgan fingerprint density at radius 1 is 1.53 bits per heavy atom. The van der Waals surface area contributed by atoms with E-state index in [4.69, 9.17) is 0 Å². The van der Waals surface area contributed by atoms with Crippen molar-refractivity contribution in [1.29, 1.82) is 0 Å². The van der Waals surface area contributed by atoms with Crippen molar-refractivity contribution in [2.24, 2.45) is 0 Å². The van der Waals surface area contributed by atoms with Crippen LogP contribution in [0.4, 0.5) is 10.7 Å². The average molecular weight is 234 g/mol. The number of hydrogen-bond donors (Lipinski definition) is 4. The summed E-state index contributed by atoms with van der Waals surface area (Å²) in [4.78, 5) is 18.4. The minimum absolute atomic E-state index is 0.156. The van der Waals surface area contributed by atoms with Crippen LogP contribution in [0.5, 0.6) is 5.75 Å².